The number of benzene rings is 2. The summed E-state index contributed by atoms with van der Waals surface area (Å²) in [6.45, 7) is 3.90. The largest absolute Gasteiger partial charge is 0.347 e. The van der Waals surface area contributed by atoms with Crippen molar-refractivity contribution >= 4 is 29.1 Å². The van der Waals surface area contributed by atoms with Crippen LogP contribution in [0.1, 0.15) is 28.5 Å². The highest BCUT2D eigenvalue weighted by atomic mass is 16.2. The van der Waals surface area contributed by atoms with Crippen LogP contribution in [0, 0.1) is 6.92 Å². The van der Waals surface area contributed by atoms with Crippen LogP contribution >= 0.6 is 0 Å². The van der Waals surface area contributed by atoms with E-state index in [0.717, 1.165) is 11.3 Å². The Bertz CT molecular complexity index is 969. The fraction of sp³-hybridized carbons (Fsp3) is 0.143. The summed E-state index contributed by atoms with van der Waals surface area (Å²) in [6, 6.07) is 16.6. The van der Waals surface area contributed by atoms with E-state index in [4.69, 9.17) is 0 Å². The van der Waals surface area contributed by atoms with E-state index in [0.29, 0.717) is 18.2 Å². The molecule has 3 N–H and O–H groups in total. The third-order valence-electron chi connectivity index (χ3n) is 3.92. The molecule has 7 nitrogen and oxygen atoms in total. The maximum absolute atomic E-state index is 12.4. The fourth-order valence-corrected chi connectivity index (χ4v) is 2.49. The summed E-state index contributed by atoms with van der Waals surface area (Å²) in [7, 11) is 0. The number of anilines is 3. The van der Waals surface area contributed by atoms with Gasteiger partial charge in [0.15, 0.2) is 0 Å². The predicted octanol–water partition coefficient (Wildman–Crippen LogP) is 3.42. The van der Waals surface area contributed by atoms with Crippen molar-refractivity contribution in [2.45, 2.75) is 20.4 Å². The van der Waals surface area contributed by atoms with Crippen molar-refractivity contribution < 1.29 is 9.59 Å². The lowest BCUT2D eigenvalue weighted by molar-refractivity contribution is -0.114. The number of hydrogen-bond acceptors (Lipinski definition) is 5. The Morgan fingerprint density at radius 3 is 2.29 bits per heavy atom. The monoisotopic (exact) mass is 375 g/mol. The number of carbonyl (C=O) groups excluding carboxylic acids is 2. The molecular weight excluding hydrogens is 354 g/mol. The van der Waals surface area contributed by atoms with Crippen LogP contribution in [0.2, 0.25) is 0 Å². The Hall–Kier alpha value is -3.74. The third-order valence-corrected chi connectivity index (χ3v) is 3.92. The summed E-state index contributed by atoms with van der Waals surface area (Å²) in [5, 5.41) is 8.60. The Kier molecular flexibility index (Phi) is 5.96. The van der Waals surface area contributed by atoms with Crippen LogP contribution in [0.4, 0.5) is 17.3 Å². The molecule has 0 aliphatic carbocycles. The molecule has 3 rings (SSSR count). The van der Waals surface area contributed by atoms with E-state index < -0.39 is 0 Å². The molecule has 0 spiro atoms. The van der Waals surface area contributed by atoms with E-state index in [2.05, 4.69) is 25.9 Å². The minimum atomic E-state index is -0.271. The quantitative estimate of drug-likeness (QED) is 0.613. The second-order valence-corrected chi connectivity index (χ2v) is 6.32. The van der Waals surface area contributed by atoms with Crippen LogP contribution in [-0.4, -0.2) is 21.8 Å². The molecule has 0 fully saturated rings. The lowest BCUT2D eigenvalue weighted by atomic mass is 10.1. The van der Waals surface area contributed by atoms with Crippen molar-refractivity contribution in [1.29, 1.82) is 0 Å². The van der Waals surface area contributed by atoms with E-state index in [-0.39, 0.29) is 17.5 Å². The Labute approximate surface area is 163 Å². The van der Waals surface area contributed by atoms with Crippen molar-refractivity contribution in [2.24, 2.45) is 0 Å². The van der Waals surface area contributed by atoms with Gasteiger partial charge in [-0.3, -0.25) is 9.59 Å². The number of carbonyl (C=O) groups is 2. The van der Waals surface area contributed by atoms with E-state index >= 15 is 0 Å². The number of hydrogen-bond donors (Lipinski definition) is 3. The van der Waals surface area contributed by atoms with Crippen LogP contribution in [-0.2, 0) is 11.3 Å². The lowest BCUT2D eigenvalue weighted by Crippen LogP contribution is -2.24. The molecule has 3 aromatic rings. The summed E-state index contributed by atoms with van der Waals surface area (Å²) >= 11 is 0. The predicted molar refractivity (Wildman–Crippen MR) is 108 cm³/mol. The molecule has 2 aromatic carbocycles. The van der Waals surface area contributed by atoms with Crippen LogP contribution in [0.5, 0.6) is 0 Å². The summed E-state index contributed by atoms with van der Waals surface area (Å²) in [5.41, 5.74) is 3.91. The Balaban J connectivity index is 1.62. The first-order chi connectivity index (χ1) is 13.5. The van der Waals surface area contributed by atoms with E-state index in [1.807, 2.05) is 31.2 Å². The molecule has 0 unspecified atom stereocenters. The van der Waals surface area contributed by atoms with Gasteiger partial charge in [-0.2, -0.15) is 0 Å². The molecule has 142 valence electrons. The molecule has 28 heavy (non-hydrogen) atoms. The zero-order valence-electron chi connectivity index (χ0n) is 15.7. The van der Waals surface area contributed by atoms with Crippen molar-refractivity contribution in [2.75, 3.05) is 10.6 Å². The van der Waals surface area contributed by atoms with Gasteiger partial charge >= 0.3 is 0 Å². The molecule has 1 heterocycles. The Morgan fingerprint density at radius 2 is 1.61 bits per heavy atom. The van der Waals surface area contributed by atoms with Crippen LogP contribution in [0.25, 0.3) is 0 Å². The minimum absolute atomic E-state index is 0.131. The van der Waals surface area contributed by atoms with E-state index in [1.54, 1.807) is 30.3 Å². The lowest BCUT2D eigenvalue weighted by Gasteiger charge is -2.08. The topological polar surface area (TPSA) is 96.0 Å². The Morgan fingerprint density at radius 1 is 0.929 bits per heavy atom. The van der Waals surface area contributed by atoms with Gasteiger partial charge in [-0.15, -0.1) is 0 Å². The number of aryl methyl sites for hydroxylation is 1. The van der Waals surface area contributed by atoms with Gasteiger partial charge in [-0.25, -0.2) is 9.97 Å². The molecule has 0 saturated heterocycles. The highest BCUT2D eigenvalue weighted by molar-refractivity contribution is 5.92. The number of nitrogens with zero attached hydrogens (tertiary/aromatic N) is 2. The minimum Gasteiger partial charge on any atom is -0.347 e. The normalized spacial score (nSPS) is 10.2. The molecule has 0 saturated carbocycles. The van der Waals surface area contributed by atoms with Gasteiger partial charge in [-0.05, 0) is 42.8 Å². The summed E-state index contributed by atoms with van der Waals surface area (Å²) in [5.74, 6) is -0.0873. The average molecular weight is 375 g/mol. The van der Waals surface area contributed by atoms with Gasteiger partial charge in [0.1, 0.15) is 5.69 Å². The third kappa shape index (κ3) is 5.38. The fourth-order valence-electron chi connectivity index (χ4n) is 2.49. The number of rotatable bonds is 6. The molecule has 1 aromatic heterocycles. The smallest absolute Gasteiger partial charge is 0.270 e. The standard InChI is InChI=1S/C21H21N5O2/c1-14-3-5-16(6-4-14)13-23-20(28)19-11-12-22-21(26-19)25-18-9-7-17(8-10-18)24-15(2)27/h3-12H,13H2,1-2H3,(H,23,28)(H,24,27)(H,22,25,26). The van der Waals surface area contributed by atoms with Gasteiger partial charge < -0.3 is 16.0 Å². The van der Waals surface area contributed by atoms with Crippen molar-refractivity contribution in [3.63, 3.8) is 0 Å². The first-order valence-electron chi connectivity index (χ1n) is 8.81. The molecule has 0 atom stereocenters. The second kappa shape index (κ2) is 8.77. The van der Waals surface area contributed by atoms with Crippen molar-refractivity contribution in [3.05, 3.63) is 77.6 Å². The van der Waals surface area contributed by atoms with Gasteiger partial charge in [0, 0.05) is 31.0 Å². The second-order valence-electron chi connectivity index (χ2n) is 6.32. The summed E-state index contributed by atoms with van der Waals surface area (Å²) in [6.07, 6.45) is 1.53. The summed E-state index contributed by atoms with van der Waals surface area (Å²) in [4.78, 5) is 31.8. The molecular formula is C21H21N5O2. The van der Waals surface area contributed by atoms with Gasteiger partial charge in [0.25, 0.3) is 5.91 Å². The molecule has 0 aliphatic heterocycles. The average Bonchev–Trinajstić information content (AvgIpc) is 2.69. The van der Waals surface area contributed by atoms with Crippen LogP contribution < -0.4 is 16.0 Å². The molecule has 7 heteroatoms. The van der Waals surface area contributed by atoms with Gasteiger partial charge in [-0.1, -0.05) is 29.8 Å². The first-order valence-corrected chi connectivity index (χ1v) is 8.81. The zero-order chi connectivity index (χ0) is 19.9. The number of nitrogens with one attached hydrogen (secondary N) is 3. The molecule has 0 aliphatic rings. The van der Waals surface area contributed by atoms with Crippen molar-refractivity contribution in [3.8, 4) is 0 Å². The van der Waals surface area contributed by atoms with Crippen molar-refractivity contribution in [1.82, 2.24) is 15.3 Å². The maximum Gasteiger partial charge on any atom is 0.270 e. The molecule has 0 bridgehead atoms. The van der Waals surface area contributed by atoms with E-state index in [1.165, 1.54) is 18.7 Å². The zero-order valence-corrected chi connectivity index (χ0v) is 15.7. The number of aromatic nitrogens is 2. The highest BCUT2D eigenvalue weighted by Gasteiger charge is 2.09. The number of amides is 2. The van der Waals surface area contributed by atoms with Crippen LogP contribution in [0.15, 0.2) is 60.8 Å². The van der Waals surface area contributed by atoms with Gasteiger partial charge in [0.05, 0.1) is 0 Å². The van der Waals surface area contributed by atoms with Crippen LogP contribution in [0.3, 0.4) is 0 Å². The first kappa shape index (κ1) is 19.0. The van der Waals surface area contributed by atoms with E-state index in [9.17, 15) is 9.59 Å². The molecule has 2 amide bonds. The summed E-state index contributed by atoms with van der Waals surface area (Å²) < 4.78 is 0. The molecule has 0 radical (unpaired) electrons. The SMILES string of the molecule is CC(=O)Nc1ccc(Nc2nccc(C(=O)NCc3ccc(C)cc3)n2)cc1. The maximum atomic E-state index is 12.4. The highest BCUT2D eigenvalue weighted by Crippen LogP contribution is 2.16. The van der Waals surface area contributed by atoms with Gasteiger partial charge in [0.2, 0.25) is 11.9 Å².